The van der Waals surface area contributed by atoms with Crippen LogP contribution in [0.15, 0.2) is 17.3 Å². The van der Waals surface area contributed by atoms with Crippen LogP contribution in [0.25, 0.3) is 0 Å². The number of pyridine rings is 1. The second-order valence-corrected chi connectivity index (χ2v) is 4.71. The molecule has 19 heavy (non-hydrogen) atoms. The van der Waals surface area contributed by atoms with Crippen molar-refractivity contribution in [1.29, 1.82) is 0 Å². The topological polar surface area (TPSA) is 101 Å². The van der Waals surface area contributed by atoms with Gasteiger partial charge in [0.05, 0.1) is 11.4 Å². The smallest absolute Gasteiger partial charge is 0.238 e. The van der Waals surface area contributed by atoms with Crippen molar-refractivity contribution in [2.45, 2.75) is 34.1 Å². The van der Waals surface area contributed by atoms with Crippen LogP contribution in [0, 0.1) is 19.3 Å². The van der Waals surface area contributed by atoms with Crippen molar-refractivity contribution in [3.05, 3.63) is 23.5 Å². The third-order valence-electron chi connectivity index (χ3n) is 3.35. The average Bonchev–Trinajstić information content (AvgIpc) is 2.39. The zero-order chi connectivity index (χ0) is 14.6. The lowest BCUT2D eigenvalue weighted by Crippen LogP contribution is -2.44. The molecule has 0 radical (unpaired) electrons. The van der Waals surface area contributed by atoms with E-state index in [2.05, 4.69) is 15.5 Å². The number of aromatic nitrogens is 1. The van der Waals surface area contributed by atoms with Gasteiger partial charge in [-0.3, -0.25) is 9.78 Å². The van der Waals surface area contributed by atoms with Crippen LogP contribution in [-0.2, 0) is 4.79 Å². The Balaban J connectivity index is 3.01. The van der Waals surface area contributed by atoms with Crippen LogP contribution in [0.5, 0.6) is 0 Å². The van der Waals surface area contributed by atoms with Gasteiger partial charge in [0.2, 0.25) is 5.91 Å². The van der Waals surface area contributed by atoms with Gasteiger partial charge in [-0.05, 0) is 39.3 Å². The highest BCUT2D eigenvalue weighted by atomic mass is 16.4. The second-order valence-electron chi connectivity index (χ2n) is 4.71. The predicted molar refractivity (Wildman–Crippen MR) is 74.1 cm³/mol. The highest BCUT2D eigenvalue weighted by Crippen LogP contribution is 2.24. The number of nitrogens with one attached hydrogen (secondary N) is 1. The molecule has 1 amide bonds. The Bertz CT molecular complexity index is 513. The number of oxime groups is 1. The molecular formula is C13H20N4O2. The summed E-state index contributed by atoms with van der Waals surface area (Å²) >= 11 is 0. The van der Waals surface area contributed by atoms with Gasteiger partial charge in [0.1, 0.15) is 5.41 Å². The van der Waals surface area contributed by atoms with E-state index in [9.17, 15) is 4.79 Å². The molecule has 0 aliphatic rings. The van der Waals surface area contributed by atoms with E-state index in [0.29, 0.717) is 12.1 Å². The van der Waals surface area contributed by atoms with Crippen molar-refractivity contribution >= 4 is 17.4 Å². The van der Waals surface area contributed by atoms with E-state index in [1.807, 2.05) is 19.9 Å². The molecule has 1 heterocycles. The van der Waals surface area contributed by atoms with E-state index < -0.39 is 5.41 Å². The zero-order valence-electron chi connectivity index (χ0n) is 11.7. The maximum absolute atomic E-state index is 12.3. The fourth-order valence-corrected chi connectivity index (χ4v) is 1.65. The minimum Gasteiger partial charge on any atom is -0.409 e. The molecule has 6 heteroatoms. The standard InChI is InChI=1S/C13H20N4O2/c1-5-13(4,11(14)17-19)12(18)16-10-7-6-8(2)15-9(10)3/h6-7,19H,5H2,1-4H3,(H2,14,17)(H,16,18). The summed E-state index contributed by atoms with van der Waals surface area (Å²) in [5, 5.41) is 14.5. The third kappa shape index (κ3) is 3.01. The molecular weight excluding hydrogens is 244 g/mol. The summed E-state index contributed by atoms with van der Waals surface area (Å²) < 4.78 is 0. The van der Waals surface area contributed by atoms with Crippen LogP contribution < -0.4 is 11.1 Å². The minimum atomic E-state index is -1.05. The Morgan fingerprint density at radius 3 is 2.63 bits per heavy atom. The molecule has 0 saturated carbocycles. The van der Waals surface area contributed by atoms with Gasteiger partial charge in [0.15, 0.2) is 5.84 Å². The van der Waals surface area contributed by atoms with Gasteiger partial charge < -0.3 is 16.3 Å². The quantitative estimate of drug-likeness (QED) is 0.334. The molecule has 6 nitrogen and oxygen atoms in total. The summed E-state index contributed by atoms with van der Waals surface area (Å²) in [7, 11) is 0. The van der Waals surface area contributed by atoms with Crippen LogP contribution in [0.4, 0.5) is 5.69 Å². The number of nitrogens with two attached hydrogens (primary N) is 1. The number of nitrogens with zero attached hydrogens (tertiary/aromatic N) is 2. The molecule has 1 aromatic rings. The van der Waals surface area contributed by atoms with Crippen LogP contribution in [0.3, 0.4) is 0 Å². The molecule has 0 spiro atoms. The largest absolute Gasteiger partial charge is 0.409 e. The summed E-state index contributed by atoms with van der Waals surface area (Å²) in [6.07, 6.45) is 0.424. The number of carbonyl (C=O) groups is 1. The van der Waals surface area contributed by atoms with Gasteiger partial charge in [-0.15, -0.1) is 0 Å². The van der Waals surface area contributed by atoms with Crippen LogP contribution in [0.1, 0.15) is 31.7 Å². The first-order valence-corrected chi connectivity index (χ1v) is 6.08. The lowest BCUT2D eigenvalue weighted by Gasteiger charge is -2.25. The van der Waals surface area contributed by atoms with Crippen LogP contribution in [-0.4, -0.2) is 21.9 Å². The fourth-order valence-electron chi connectivity index (χ4n) is 1.65. The third-order valence-corrected chi connectivity index (χ3v) is 3.35. The number of rotatable bonds is 4. The highest BCUT2D eigenvalue weighted by molar-refractivity contribution is 6.11. The highest BCUT2D eigenvalue weighted by Gasteiger charge is 2.36. The Morgan fingerprint density at radius 1 is 1.53 bits per heavy atom. The summed E-state index contributed by atoms with van der Waals surface area (Å²) in [6.45, 7) is 7.13. The number of amidine groups is 1. The number of aryl methyl sites for hydroxylation is 2. The molecule has 4 N–H and O–H groups in total. The van der Waals surface area contributed by atoms with E-state index in [1.54, 1.807) is 19.9 Å². The average molecular weight is 264 g/mol. The molecule has 0 bridgehead atoms. The summed E-state index contributed by atoms with van der Waals surface area (Å²) in [4.78, 5) is 16.6. The first-order chi connectivity index (χ1) is 8.85. The first-order valence-electron chi connectivity index (χ1n) is 6.08. The number of anilines is 1. The van der Waals surface area contributed by atoms with E-state index >= 15 is 0 Å². The Morgan fingerprint density at radius 2 is 2.16 bits per heavy atom. The van der Waals surface area contributed by atoms with Gasteiger partial charge in [-0.1, -0.05) is 12.1 Å². The van der Waals surface area contributed by atoms with E-state index in [0.717, 1.165) is 11.4 Å². The van der Waals surface area contributed by atoms with Crippen molar-refractivity contribution in [3.63, 3.8) is 0 Å². The predicted octanol–water partition coefficient (Wildman–Crippen LogP) is 1.80. The van der Waals surface area contributed by atoms with Crippen molar-refractivity contribution in [2.75, 3.05) is 5.32 Å². The van der Waals surface area contributed by atoms with Gasteiger partial charge in [-0.2, -0.15) is 0 Å². The Kier molecular flexibility index (Phi) is 4.47. The SMILES string of the molecule is CCC(C)(C(=O)Nc1ccc(C)nc1C)/C(N)=N/O. The maximum Gasteiger partial charge on any atom is 0.238 e. The molecule has 1 rings (SSSR count). The van der Waals surface area contributed by atoms with E-state index in [4.69, 9.17) is 10.9 Å². The zero-order valence-corrected chi connectivity index (χ0v) is 11.7. The maximum atomic E-state index is 12.3. The number of amides is 1. The molecule has 1 aromatic heterocycles. The molecule has 0 saturated heterocycles. The molecule has 0 aliphatic carbocycles. The van der Waals surface area contributed by atoms with Gasteiger partial charge in [0.25, 0.3) is 0 Å². The lowest BCUT2D eigenvalue weighted by atomic mass is 9.85. The van der Waals surface area contributed by atoms with Gasteiger partial charge >= 0.3 is 0 Å². The molecule has 1 unspecified atom stereocenters. The number of carbonyl (C=O) groups excluding carboxylic acids is 1. The summed E-state index contributed by atoms with van der Waals surface area (Å²) in [5.41, 5.74) is 6.79. The lowest BCUT2D eigenvalue weighted by molar-refractivity contribution is -0.121. The van der Waals surface area contributed by atoms with Crippen LogP contribution in [0.2, 0.25) is 0 Å². The molecule has 104 valence electrons. The molecule has 0 aliphatic heterocycles. The van der Waals surface area contributed by atoms with E-state index in [1.165, 1.54) is 0 Å². The van der Waals surface area contributed by atoms with Crippen molar-refractivity contribution in [3.8, 4) is 0 Å². The van der Waals surface area contributed by atoms with Crippen molar-refractivity contribution in [2.24, 2.45) is 16.3 Å². The minimum absolute atomic E-state index is 0.106. The summed E-state index contributed by atoms with van der Waals surface area (Å²) in [5.74, 6) is -0.427. The molecule has 0 aromatic carbocycles. The summed E-state index contributed by atoms with van der Waals surface area (Å²) in [6, 6.07) is 3.60. The first kappa shape index (κ1) is 14.9. The fraction of sp³-hybridized carbons (Fsp3) is 0.462. The van der Waals surface area contributed by atoms with Crippen LogP contribution >= 0.6 is 0 Å². The van der Waals surface area contributed by atoms with Gasteiger partial charge in [0, 0.05) is 5.69 Å². The Hall–Kier alpha value is -2.11. The van der Waals surface area contributed by atoms with Gasteiger partial charge in [-0.25, -0.2) is 0 Å². The van der Waals surface area contributed by atoms with Crippen molar-refractivity contribution in [1.82, 2.24) is 4.98 Å². The normalized spacial score (nSPS) is 14.8. The number of hydrogen-bond acceptors (Lipinski definition) is 4. The van der Waals surface area contributed by atoms with Crippen molar-refractivity contribution < 1.29 is 10.0 Å². The number of hydrogen-bond donors (Lipinski definition) is 3. The molecule has 1 atom stereocenters. The Labute approximate surface area is 112 Å². The monoisotopic (exact) mass is 264 g/mol. The second kappa shape index (κ2) is 5.69. The molecule has 0 fully saturated rings. The van der Waals surface area contributed by atoms with E-state index in [-0.39, 0.29) is 11.7 Å².